The molecule has 134 valence electrons. The first-order valence-electron chi connectivity index (χ1n) is 8.59. The fourth-order valence-electron chi connectivity index (χ4n) is 3.76. The summed E-state index contributed by atoms with van der Waals surface area (Å²) in [5.41, 5.74) is 0. The maximum absolute atomic E-state index is 10.8. The average molecular weight is 379 g/mol. The Bertz CT molecular complexity index is 434. The lowest BCUT2D eigenvalue weighted by Crippen LogP contribution is -2.45. The van der Waals surface area contributed by atoms with Crippen molar-refractivity contribution in [2.45, 2.75) is 87.0 Å². The van der Waals surface area contributed by atoms with E-state index in [1.807, 2.05) is 37.4 Å². The molecule has 1 aliphatic carbocycles. The molecule has 0 bridgehead atoms. The van der Waals surface area contributed by atoms with Gasteiger partial charge in [0.25, 0.3) is 0 Å². The summed E-state index contributed by atoms with van der Waals surface area (Å²) in [7, 11) is -1.71. The highest BCUT2D eigenvalue weighted by Gasteiger charge is 2.55. The van der Waals surface area contributed by atoms with Gasteiger partial charge in [0.2, 0.25) is 0 Å². The summed E-state index contributed by atoms with van der Waals surface area (Å²) in [6, 6.07) is 0. The topological polar surface area (TPSA) is 47.9 Å². The summed E-state index contributed by atoms with van der Waals surface area (Å²) in [5.74, 6) is 1.69. The van der Waals surface area contributed by atoms with Crippen molar-refractivity contribution in [3.8, 4) is 0 Å². The molecule has 0 aromatic carbocycles. The molecule has 2 saturated heterocycles. The Labute approximate surface area is 149 Å². The maximum atomic E-state index is 10.8. The molecule has 3 rings (SSSR count). The van der Waals surface area contributed by atoms with Gasteiger partial charge in [-0.2, -0.15) is 0 Å². The second-order valence-electron chi connectivity index (χ2n) is 8.27. The lowest BCUT2D eigenvalue weighted by atomic mass is 10.1. The van der Waals surface area contributed by atoms with Gasteiger partial charge in [0.1, 0.15) is 12.2 Å². The second-order valence-corrected chi connectivity index (χ2v) is 15.9. The SMILES string of the molecule is CC1(C)O[C@H]2[C@H](O1)[C@@H](O)CC1(C[C@@H]2O[Si](C)(C)C)SCCCS1. The van der Waals surface area contributed by atoms with E-state index in [0.717, 1.165) is 12.8 Å². The molecule has 0 unspecified atom stereocenters. The third-order valence-electron chi connectivity index (χ3n) is 4.47. The quantitative estimate of drug-likeness (QED) is 0.743. The molecule has 0 amide bonds. The van der Waals surface area contributed by atoms with E-state index in [4.69, 9.17) is 13.9 Å². The van der Waals surface area contributed by atoms with E-state index in [9.17, 15) is 5.11 Å². The molecule has 4 nitrogen and oxygen atoms in total. The van der Waals surface area contributed by atoms with Crippen LogP contribution in [0, 0.1) is 0 Å². The molecule has 1 saturated carbocycles. The third-order valence-corrected chi connectivity index (χ3v) is 8.89. The van der Waals surface area contributed by atoms with Gasteiger partial charge in [-0.1, -0.05) is 0 Å². The van der Waals surface area contributed by atoms with Gasteiger partial charge in [-0.25, -0.2) is 0 Å². The van der Waals surface area contributed by atoms with Crippen molar-refractivity contribution in [2.24, 2.45) is 0 Å². The third kappa shape index (κ3) is 4.30. The van der Waals surface area contributed by atoms with Gasteiger partial charge in [0.05, 0.1) is 16.3 Å². The molecule has 2 heterocycles. The number of hydrogen-bond acceptors (Lipinski definition) is 6. The Morgan fingerprint density at radius 3 is 2.26 bits per heavy atom. The van der Waals surface area contributed by atoms with Crippen LogP contribution in [0.1, 0.15) is 33.1 Å². The van der Waals surface area contributed by atoms with Crippen molar-refractivity contribution in [1.29, 1.82) is 0 Å². The first-order chi connectivity index (χ1) is 10.6. The molecule has 0 aromatic rings. The molecule has 1 spiro atoms. The number of aliphatic hydroxyl groups is 1. The van der Waals surface area contributed by atoms with Crippen LogP contribution in [0.25, 0.3) is 0 Å². The summed E-state index contributed by atoms with van der Waals surface area (Å²) < 4.78 is 18.8. The summed E-state index contributed by atoms with van der Waals surface area (Å²) in [6.45, 7) is 10.5. The smallest absolute Gasteiger partial charge is 0.184 e. The van der Waals surface area contributed by atoms with Crippen molar-refractivity contribution < 1.29 is 19.0 Å². The zero-order chi connectivity index (χ0) is 16.9. The maximum Gasteiger partial charge on any atom is 0.184 e. The standard InChI is InChI=1S/C16H30O4S2Si/c1-15(2)18-13-11(17)9-16(21-7-6-8-22-16)10-12(14(13)19-15)20-23(3,4)5/h11-14,17H,6-10H2,1-5H3/t11-,12-,13+,14+/m0/s1. The van der Waals surface area contributed by atoms with Crippen LogP contribution in [0.3, 0.4) is 0 Å². The van der Waals surface area contributed by atoms with Crippen molar-refractivity contribution >= 4 is 31.8 Å². The van der Waals surface area contributed by atoms with Crippen molar-refractivity contribution in [1.82, 2.24) is 0 Å². The predicted octanol–water partition coefficient (Wildman–Crippen LogP) is 3.45. The number of aliphatic hydroxyl groups excluding tert-OH is 1. The van der Waals surface area contributed by atoms with Gasteiger partial charge in [0.15, 0.2) is 14.1 Å². The van der Waals surface area contributed by atoms with Gasteiger partial charge < -0.3 is 19.0 Å². The molecule has 0 aromatic heterocycles. The van der Waals surface area contributed by atoms with Gasteiger partial charge >= 0.3 is 0 Å². The van der Waals surface area contributed by atoms with Gasteiger partial charge in [-0.3, -0.25) is 0 Å². The summed E-state index contributed by atoms with van der Waals surface area (Å²) in [5, 5.41) is 10.8. The zero-order valence-corrected chi connectivity index (χ0v) is 17.5. The van der Waals surface area contributed by atoms with E-state index in [2.05, 4.69) is 19.6 Å². The fraction of sp³-hybridized carbons (Fsp3) is 1.00. The normalized spacial score (nSPS) is 39.9. The minimum Gasteiger partial charge on any atom is -0.412 e. The highest BCUT2D eigenvalue weighted by atomic mass is 32.2. The van der Waals surface area contributed by atoms with Crippen LogP contribution in [-0.2, 0) is 13.9 Å². The molecule has 23 heavy (non-hydrogen) atoms. The first-order valence-corrected chi connectivity index (χ1v) is 14.0. The molecule has 0 radical (unpaired) electrons. The molecule has 7 heteroatoms. The van der Waals surface area contributed by atoms with Crippen LogP contribution in [-0.4, -0.2) is 59.2 Å². The minimum atomic E-state index is -1.71. The highest BCUT2D eigenvalue weighted by molar-refractivity contribution is 8.18. The lowest BCUT2D eigenvalue weighted by molar-refractivity contribution is -0.162. The number of ether oxygens (including phenoxy) is 2. The Hall–Kier alpha value is 0.757. The Morgan fingerprint density at radius 1 is 1.04 bits per heavy atom. The van der Waals surface area contributed by atoms with Gasteiger partial charge in [0, 0.05) is 0 Å². The van der Waals surface area contributed by atoms with Crippen LogP contribution in [0.5, 0.6) is 0 Å². The Morgan fingerprint density at radius 2 is 1.65 bits per heavy atom. The van der Waals surface area contributed by atoms with Crippen molar-refractivity contribution in [3.05, 3.63) is 0 Å². The second kappa shape index (κ2) is 6.48. The molecular formula is C16H30O4S2Si. The van der Waals surface area contributed by atoms with Crippen LogP contribution in [0.15, 0.2) is 0 Å². The molecular weight excluding hydrogens is 348 g/mol. The highest BCUT2D eigenvalue weighted by Crippen LogP contribution is 2.53. The largest absolute Gasteiger partial charge is 0.412 e. The minimum absolute atomic E-state index is 0.00342. The van der Waals surface area contributed by atoms with Gasteiger partial charge in [-0.05, 0) is 64.3 Å². The first kappa shape index (κ1) is 18.5. The monoisotopic (exact) mass is 378 g/mol. The number of rotatable bonds is 2. The molecule has 2 aliphatic heterocycles. The molecule has 3 fully saturated rings. The predicted molar refractivity (Wildman–Crippen MR) is 99.5 cm³/mol. The number of hydrogen-bond donors (Lipinski definition) is 1. The molecule has 3 aliphatic rings. The van der Waals surface area contributed by atoms with E-state index in [1.165, 1.54) is 17.9 Å². The van der Waals surface area contributed by atoms with Crippen molar-refractivity contribution in [3.63, 3.8) is 0 Å². The van der Waals surface area contributed by atoms with Crippen LogP contribution < -0.4 is 0 Å². The van der Waals surface area contributed by atoms with E-state index < -0.39 is 20.2 Å². The summed E-state index contributed by atoms with van der Waals surface area (Å²) >= 11 is 4.00. The van der Waals surface area contributed by atoms with E-state index in [0.29, 0.717) is 0 Å². The number of thioether (sulfide) groups is 2. The van der Waals surface area contributed by atoms with E-state index >= 15 is 0 Å². The average Bonchev–Trinajstić information content (AvgIpc) is 2.69. The van der Waals surface area contributed by atoms with Crippen molar-refractivity contribution in [2.75, 3.05) is 11.5 Å². The Balaban J connectivity index is 1.88. The summed E-state index contributed by atoms with van der Waals surface area (Å²) in [4.78, 5) is 0. The lowest BCUT2D eigenvalue weighted by Gasteiger charge is -2.39. The summed E-state index contributed by atoms with van der Waals surface area (Å²) in [6.07, 6.45) is 2.00. The van der Waals surface area contributed by atoms with Crippen LogP contribution >= 0.6 is 23.5 Å². The van der Waals surface area contributed by atoms with E-state index in [1.54, 1.807) is 0 Å². The molecule has 4 atom stereocenters. The van der Waals surface area contributed by atoms with Crippen LogP contribution in [0.2, 0.25) is 19.6 Å². The van der Waals surface area contributed by atoms with Crippen LogP contribution in [0.4, 0.5) is 0 Å². The fourth-order valence-corrected chi connectivity index (χ4v) is 8.36. The zero-order valence-electron chi connectivity index (χ0n) is 14.8. The molecule has 1 N–H and O–H groups in total. The van der Waals surface area contributed by atoms with Gasteiger partial charge in [-0.15, -0.1) is 23.5 Å². The van der Waals surface area contributed by atoms with E-state index in [-0.39, 0.29) is 22.4 Å². The Kier molecular flexibility index (Phi) is 5.23. The number of fused-ring (bicyclic) bond motifs is 1.